The summed E-state index contributed by atoms with van der Waals surface area (Å²) in [7, 11) is 0. The van der Waals surface area contributed by atoms with Crippen LogP contribution >= 0.6 is 11.6 Å². The molecule has 1 aromatic heterocycles. The van der Waals surface area contributed by atoms with E-state index in [-0.39, 0.29) is 0 Å². The van der Waals surface area contributed by atoms with E-state index in [0.717, 1.165) is 40.6 Å². The number of nitrogens with zero attached hydrogens (tertiary/aromatic N) is 4. The van der Waals surface area contributed by atoms with Crippen LogP contribution < -0.4 is 5.32 Å². The van der Waals surface area contributed by atoms with Gasteiger partial charge in [0.05, 0.1) is 6.54 Å². The Balaban J connectivity index is 1.51. The molecule has 1 aliphatic heterocycles. The number of likely N-dealkylation sites (N-methyl/N-ethyl adjacent to an activating group) is 1. The molecule has 3 aromatic rings. The molecule has 1 aliphatic rings. The average Bonchev–Trinajstić information content (AvgIpc) is 3.37. The molecule has 0 aliphatic carbocycles. The van der Waals surface area contributed by atoms with E-state index < -0.39 is 0 Å². The normalized spacial score (nSPS) is 17.1. The quantitative estimate of drug-likeness (QED) is 0.605. The second-order valence-electron chi connectivity index (χ2n) is 7.54. The molecule has 1 atom stereocenters. The molecule has 1 saturated heterocycles. The summed E-state index contributed by atoms with van der Waals surface area (Å²) in [4.78, 5) is 4.31. The minimum absolute atomic E-state index is 0.561. The monoisotopic (exact) mass is 409 g/mol. The Labute approximate surface area is 177 Å². The minimum atomic E-state index is 0.561. The zero-order chi connectivity index (χ0) is 20.1. The van der Waals surface area contributed by atoms with Crippen LogP contribution in [0.5, 0.6) is 0 Å². The van der Waals surface area contributed by atoms with Gasteiger partial charge in [-0.1, -0.05) is 67.1 Å². The Kier molecular flexibility index (Phi) is 6.60. The molecule has 0 amide bonds. The van der Waals surface area contributed by atoms with Crippen LogP contribution in [-0.2, 0) is 13.1 Å². The molecular formula is C23H28ClN5. The fourth-order valence-corrected chi connectivity index (χ4v) is 4.27. The number of likely N-dealkylation sites (tertiary alicyclic amines) is 1. The molecule has 1 fully saturated rings. The predicted molar refractivity (Wildman–Crippen MR) is 118 cm³/mol. The molecule has 4 rings (SSSR count). The highest BCUT2D eigenvalue weighted by Crippen LogP contribution is 2.22. The molecule has 2 aromatic carbocycles. The van der Waals surface area contributed by atoms with E-state index in [1.165, 1.54) is 19.4 Å². The zero-order valence-corrected chi connectivity index (χ0v) is 17.6. The summed E-state index contributed by atoms with van der Waals surface area (Å²) in [5.74, 6) is 0. The smallest absolute Gasteiger partial charge is 0.117 e. The second-order valence-corrected chi connectivity index (χ2v) is 7.95. The molecule has 152 valence electrons. The Morgan fingerprint density at radius 1 is 1.07 bits per heavy atom. The molecule has 2 heterocycles. The molecule has 29 heavy (non-hydrogen) atoms. The van der Waals surface area contributed by atoms with Gasteiger partial charge in [0, 0.05) is 29.7 Å². The topological polar surface area (TPSA) is 46.0 Å². The van der Waals surface area contributed by atoms with E-state index in [2.05, 4.69) is 29.3 Å². The summed E-state index contributed by atoms with van der Waals surface area (Å²) in [6.45, 7) is 6.83. The standard InChI is InChI=1S/C23H28ClN5/c1-2-28-14-8-12-20(28)15-25-16-22-23(18-9-4-3-5-10-18)27-29(26-22)17-19-11-6-7-13-21(19)24/h3-7,9-11,13,20,25H,2,8,12,14-17H2,1H3/t20-/m1/s1. The van der Waals surface area contributed by atoms with Crippen LogP contribution in [0.15, 0.2) is 54.6 Å². The summed E-state index contributed by atoms with van der Waals surface area (Å²) in [5, 5.41) is 14.0. The van der Waals surface area contributed by atoms with Crippen molar-refractivity contribution in [2.45, 2.75) is 38.9 Å². The third-order valence-electron chi connectivity index (χ3n) is 5.62. The lowest BCUT2D eigenvalue weighted by molar-refractivity contribution is 0.259. The van der Waals surface area contributed by atoms with Gasteiger partial charge in [-0.2, -0.15) is 15.0 Å². The van der Waals surface area contributed by atoms with Gasteiger partial charge in [0.1, 0.15) is 11.4 Å². The number of rotatable bonds is 8. The van der Waals surface area contributed by atoms with Gasteiger partial charge < -0.3 is 5.32 Å². The fraction of sp³-hybridized carbons (Fsp3) is 0.391. The molecule has 0 unspecified atom stereocenters. The molecule has 5 nitrogen and oxygen atoms in total. The summed E-state index contributed by atoms with van der Waals surface area (Å²) in [6.07, 6.45) is 2.56. The van der Waals surface area contributed by atoms with E-state index >= 15 is 0 Å². The van der Waals surface area contributed by atoms with E-state index in [9.17, 15) is 0 Å². The number of hydrogen-bond donors (Lipinski definition) is 1. The molecule has 1 N–H and O–H groups in total. The van der Waals surface area contributed by atoms with Crippen molar-refractivity contribution in [3.05, 3.63) is 70.9 Å². The Hall–Kier alpha value is -2.21. The van der Waals surface area contributed by atoms with Crippen LogP contribution in [0.25, 0.3) is 11.3 Å². The lowest BCUT2D eigenvalue weighted by atomic mass is 10.1. The maximum atomic E-state index is 6.34. The number of benzene rings is 2. The van der Waals surface area contributed by atoms with Crippen LogP contribution in [-0.4, -0.2) is 45.6 Å². The van der Waals surface area contributed by atoms with Gasteiger partial charge >= 0.3 is 0 Å². The Morgan fingerprint density at radius 2 is 1.86 bits per heavy atom. The van der Waals surface area contributed by atoms with Crippen molar-refractivity contribution in [3.8, 4) is 11.3 Å². The summed E-state index contributed by atoms with van der Waals surface area (Å²) in [6, 6.07) is 18.8. The van der Waals surface area contributed by atoms with Crippen molar-refractivity contribution >= 4 is 11.6 Å². The van der Waals surface area contributed by atoms with E-state index in [1.807, 2.05) is 42.5 Å². The highest BCUT2D eigenvalue weighted by atomic mass is 35.5. The Morgan fingerprint density at radius 3 is 2.66 bits per heavy atom. The third-order valence-corrected chi connectivity index (χ3v) is 5.99. The average molecular weight is 410 g/mol. The van der Waals surface area contributed by atoms with Gasteiger partial charge in [0.2, 0.25) is 0 Å². The zero-order valence-electron chi connectivity index (χ0n) is 16.9. The predicted octanol–water partition coefficient (Wildman–Crippen LogP) is 4.22. The summed E-state index contributed by atoms with van der Waals surface area (Å²) in [5.41, 5.74) is 4.02. The first-order valence-electron chi connectivity index (χ1n) is 10.4. The molecule has 0 radical (unpaired) electrons. The first-order valence-corrected chi connectivity index (χ1v) is 10.8. The van der Waals surface area contributed by atoms with Gasteiger partial charge in [-0.05, 0) is 37.6 Å². The van der Waals surface area contributed by atoms with Crippen molar-refractivity contribution in [3.63, 3.8) is 0 Å². The molecular weight excluding hydrogens is 382 g/mol. The van der Waals surface area contributed by atoms with Gasteiger partial charge in [-0.25, -0.2) is 0 Å². The van der Waals surface area contributed by atoms with Crippen LogP contribution in [0, 0.1) is 0 Å². The number of hydrogen-bond acceptors (Lipinski definition) is 4. The van der Waals surface area contributed by atoms with Crippen LogP contribution in [0.1, 0.15) is 31.0 Å². The molecule has 6 heteroatoms. The first-order chi connectivity index (χ1) is 14.2. The maximum absolute atomic E-state index is 6.34. The third kappa shape index (κ3) is 4.86. The van der Waals surface area contributed by atoms with Gasteiger partial charge in [0.15, 0.2) is 0 Å². The minimum Gasteiger partial charge on any atom is -0.309 e. The van der Waals surface area contributed by atoms with E-state index in [4.69, 9.17) is 21.8 Å². The highest BCUT2D eigenvalue weighted by molar-refractivity contribution is 6.31. The fourth-order valence-electron chi connectivity index (χ4n) is 4.07. The van der Waals surface area contributed by atoms with Crippen molar-refractivity contribution in [1.29, 1.82) is 0 Å². The number of nitrogens with one attached hydrogen (secondary N) is 1. The Bertz CT molecular complexity index is 924. The SMILES string of the molecule is CCN1CCC[C@@H]1CNCc1nn(Cc2ccccc2Cl)nc1-c1ccccc1. The first kappa shape index (κ1) is 20.1. The number of aromatic nitrogens is 3. The van der Waals surface area contributed by atoms with Crippen molar-refractivity contribution in [2.75, 3.05) is 19.6 Å². The van der Waals surface area contributed by atoms with Gasteiger partial charge in [0.25, 0.3) is 0 Å². The van der Waals surface area contributed by atoms with Crippen molar-refractivity contribution in [1.82, 2.24) is 25.2 Å². The number of halogens is 1. The van der Waals surface area contributed by atoms with Crippen molar-refractivity contribution in [2.24, 2.45) is 0 Å². The second kappa shape index (κ2) is 9.53. The lowest BCUT2D eigenvalue weighted by Crippen LogP contribution is -2.37. The van der Waals surface area contributed by atoms with Gasteiger partial charge in [-0.15, -0.1) is 0 Å². The van der Waals surface area contributed by atoms with Crippen molar-refractivity contribution < 1.29 is 0 Å². The maximum Gasteiger partial charge on any atom is 0.117 e. The summed E-state index contributed by atoms with van der Waals surface area (Å²) >= 11 is 6.34. The largest absolute Gasteiger partial charge is 0.309 e. The van der Waals surface area contributed by atoms with Crippen LogP contribution in [0.2, 0.25) is 5.02 Å². The molecule has 0 saturated carbocycles. The molecule has 0 spiro atoms. The lowest BCUT2D eigenvalue weighted by Gasteiger charge is -2.22. The van der Waals surface area contributed by atoms with E-state index in [1.54, 1.807) is 4.80 Å². The van der Waals surface area contributed by atoms with E-state index in [0.29, 0.717) is 19.1 Å². The molecule has 0 bridgehead atoms. The van der Waals surface area contributed by atoms with Crippen LogP contribution in [0.3, 0.4) is 0 Å². The van der Waals surface area contributed by atoms with Gasteiger partial charge in [-0.3, -0.25) is 4.90 Å². The van der Waals surface area contributed by atoms with Crippen LogP contribution in [0.4, 0.5) is 0 Å². The summed E-state index contributed by atoms with van der Waals surface area (Å²) < 4.78 is 0. The highest BCUT2D eigenvalue weighted by Gasteiger charge is 2.22.